The smallest absolute Gasteiger partial charge is 0.349 e. The highest BCUT2D eigenvalue weighted by Crippen LogP contribution is 2.38. The standard InChI is InChI=1S/C10H10N2O2S/c1-2-14-10(13)8(6-12)9-7(5-11)3-4-15-9/h7H,2-4H2,1H3/b9-8+. The van der Waals surface area contributed by atoms with Crippen LogP contribution in [-0.4, -0.2) is 18.3 Å². The molecule has 0 spiro atoms. The highest BCUT2D eigenvalue weighted by Gasteiger charge is 2.28. The molecule has 0 N–H and O–H groups in total. The maximum atomic E-state index is 11.4. The highest BCUT2D eigenvalue weighted by atomic mass is 32.2. The maximum absolute atomic E-state index is 11.4. The molecule has 0 aromatic heterocycles. The molecule has 1 unspecified atom stereocenters. The van der Waals surface area contributed by atoms with Gasteiger partial charge in [-0.3, -0.25) is 0 Å². The predicted octanol–water partition coefficient (Wildman–Crippen LogP) is 1.60. The Hall–Kier alpha value is -1.46. The van der Waals surface area contributed by atoms with Crippen LogP contribution >= 0.6 is 11.8 Å². The van der Waals surface area contributed by atoms with Gasteiger partial charge in [0.05, 0.1) is 18.6 Å². The molecule has 4 nitrogen and oxygen atoms in total. The number of hydrogen-bond donors (Lipinski definition) is 0. The van der Waals surface area contributed by atoms with Crippen molar-refractivity contribution in [2.75, 3.05) is 12.4 Å². The van der Waals surface area contributed by atoms with Crippen molar-refractivity contribution in [1.29, 1.82) is 10.5 Å². The molecule has 5 heteroatoms. The molecular weight excluding hydrogens is 212 g/mol. The Morgan fingerprint density at radius 1 is 1.67 bits per heavy atom. The second-order valence-electron chi connectivity index (χ2n) is 2.89. The van der Waals surface area contributed by atoms with E-state index in [1.54, 1.807) is 6.92 Å². The van der Waals surface area contributed by atoms with E-state index in [1.165, 1.54) is 11.8 Å². The first-order valence-electron chi connectivity index (χ1n) is 4.58. The van der Waals surface area contributed by atoms with Crippen LogP contribution in [0.4, 0.5) is 0 Å². The molecule has 1 heterocycles. The van der Waals surface area contributed by atoms with Crippen LogP contribution in [0.15, 0.2) is 10.5 Å². The van der Waals surface area contributed by atoms with Crippen LogP contribution in [-0.2, 0) is 9.53 Å². The van der Waals surface area contributed by atoms with Crippen LogP contribution in [0.2, 0.25) is 0 Å². The van der Waals surface area contributed by atoms with Gasteiger partial charge in [-0.2, -0.15) is 10.5 Å². The van der Waals surface area contributed by atoms with Crippen molar-refractivity contribution in [2.45, 2.75) is 13.3 Å². The highest BCUT2D eigenvalue weighted by molar-refractivity contribution is 8.03. The number of thioether (sulfide) groups is 1. The molecule has 1 saturated heterocycles. The SMILES string of the molecule is CCOC(=O)/C(C#N)=C1/SCCC1C#N. The van der Waals surface area contributed by atoms with Gasteiger partial charge >= 0.3 is 5.97 Å². The van der Waals surface area contributed by atoms with E-state index >= 15 is 0 Å². The number of nitrogens with zero attached hydrogens (tertiary/aromatic N) is 2. The van der Waals surface area contributed by atoms with Crippen molar-refractivity contribution in [1.82, 2.24) is 0 Å². The first kappa shape index (κ1) is 11.6. The van der Waals surface area contributed by atoms with Gasteiger partial charge in [-0.15, -0.1) is 11.8 Å². The zero-order valence-corrected chi connectivity index (χ0v) is 9.13. The van der Waals surface area contributed by atoms with E-state index in [0.717, 1.165) is 5.75 Å². The molecule has 0 saturated carbocycles. The average molecular weight is 222 g/mol. The van der Waals surface area contributed by atoms with E-state index in [1.807, 2.05) is 6.07 Å². The second-order valence-corrected chi connectivity index (χ2v) is 4.03. The Labute approximate surface area is 92.5 Å². The van der Waals surface area contributed by atoms with Crippen molar-refractivity contribution in [3.8, 4) is 12.1 Å². The van der Waals surface area contributed by atoms with Crippen molar-refractivity contribution in [3.63, 3.8) is 0 Å². The van der Waals surface area contributed by atoms with E-state index in [0.29, 0.717) is 11.3 Å². The van der Waals surface area contributed by atoms with E-state index < -0.39 is 5.97 Å². The van der Waals surface area contributed by atoms with Gasteiger partial charge in [0.15, 0.2) is 0 Å². The number of nitriles is 2. The third kappa shape index (κ3) is 2.51. The molecule has 0 aromatic rings. The number of hydrogen-bond acceptors (Lipinski definition) is 5. The molecule has 78 valence electrons. The summed E-state index contributed by atoms with van der Waals surface area (Å²) in [4.78, 5) is 12.0. The minimum Gasteiger partial charge on any atom is -0.462 e. The zero-order valence-electron chi connectivity index (χ0n) is 8.32. The van der Waals surface area contributed by atoms with Crippen molar-refractivity contribution in [2.24, 2.45) is 5.92 Å². The number of carbonyl (C=O) groups excluding carboxylic acids is 1. The van der Waals surface area contributed by atoms with E-state index in [4.69, 9.17) is 15.3 Å². The summed E-state index contributed by atoms with van der Waals surface area (Å²) in [6.45, 7) is 1.92. The van der Waals surface area contributed by atoms with Crippen LogP contribution in [0.5, 0.6) is 0 Å². The number of esters is 1. The predicted molar refractivity (Wildman–Crippen MR) is 55.5 cm³/mol. The largest absolute Gasteiger partial charge is 0.462 e. The molecule has 1 aliphatic heterocycles. The lowest BCUT2D eigenvalue weighted by molar-refractivity contribution is -0.138. The topological polar surface area (TPSA) is 73.9 Å². The Morgan fingerprint density at radius 3 is 2.93 bits per heavy atom. The molecular formula is C10H10N2O2S. The van der Waals surface area contributed by atoms with Gasteiger partial charge in [-0.25, -0.2) is 4.79 Å². The number of rotatable bonds is 2. The minimum atomic E-state index is -0.621. The molecule has 1 atom stereocenters. The summed E-state index contributed by atoms with van der Waals surface area (Å²) in [5, 5.41) is 17.7. The minimum absolute atomic E-state index is 0.00843. The summed E-state index contributed by atoms with van der Waals surface area (Å²) < 4.78 is 4.76. The molecule has 0 aromatic carbocycles. The monoisotopic (exact) mass is 222 g/mol. The average Bonchev–Trinajstić information content (AvgIpc) is 2.67. The van der Waals surface area contributed by atoms with Crippen LogP contribution in [0.3, 0.4) is 0 Å². The van der Waals surface area contributed by atoms with Gasteiger partial charge in [-0.05, 0) is 19.1 Å². The Bertz CT molecular complexity index is 376. The van der Waals surface area contributed by atoms with Crippen molar-refractivity contribution in [3.05, 3.63) is 10.5 Å². The molecule has 15 heavy (non-hydrogen) atoms. The molecule has 1 aliphatic rings. The summed E-state index contributed by atoms with van der Waals surface area (Å²) in [6.07, 6.45) is 0.696. The fourth-order valence-electron chi connectivity index (χ4n) is 1.29. The lowest BCUT2D eigenvalue weighted by atomic mass is 10.1. The third-order valence-electron chi connectivity index (χ3n) is 1.97. The molecule has 1 fully saturated rings. The fourth-order valence-corrected chi connectivity index (χ4v) is 2.51. The third-order valence-corrected chi connectivity index (χ3v) is 3.21. The first-order valence-corrected chi connectivity index (χ1v) is 5.57. The lowest BCUT2D eigenvalue weighted by Gasteiger charge is -2.05. The van der Waals surface area contributed by atoms with Gasteiger partial charge in [0.2, 0.25) is 0 Å². The van der Waals surface area contributed by atoms with Gasteiger partial charge < -0.3 is 4.74 Å². The number of carbonyl (C=O) groups is 1. The maximum Gasteiger partial charge on any atom is 0.349 e. The lowest BCUT2D eigenvalue weighted by Crippen LogP contribution is -2.09. The summed E-state index contributed by atoms with van der Waals surface area (Å²) in [7, 11) is 0. The zero-order chi connectivity index (χ0) is 11.3. The van der Waals surface area contributed by atoms with Crippen LogP contribution in [0.1, 0.15) is 13.3 Å². The molecule has 1 rings (SSSR count). The number of ether oxygens (including phenoxy) is 1. The normalized spacial score (nSPS) is 22.7. The van der Waals surface area contributed by atoms with E-state index in [2.05, 4.69) is 6.07 Å². The molecule has 0 radical (unpaired) electrons. The van der Waals surface area contributed by atoms with Crippen LogP contribution in [0.25, 0.3) is 0 Å². The second kappa shape index (κ2) is 5.43. The quantitative estimate of drug-likeness (QED) is 0.403. The Kier molecular flexibility index (Phi) is 4.20. The van der Waals surface area contributed by atoms with Crippen molar-refractivity contribution >= 4 is 17.7 Å². The molecule has 0 aliphatic carbocycles. The van der Waals surface area contributed by atoms with Crippen LogP contribution in [0, 0.1) is 28.6 Å². The van der Waals surface area contributed by atoms with Gasteiger partial charge in [0.1, 0.15) is 11.6 Å². The van der Waals surface area contributed by atoms with Crippen LogP contribution < -0.4 is 0 Å². The van der Waals surface area contributed by atoms with Gasteiger partial charge in [0, 0.05) is 4.91 Å². The van der Waals surface area contributed by atoms with E-state index in [-0.39, 0.29) is 18.1 Å². The van der Waals surface area contributed by atoms with E-state index in [9.17, 15) is 4.79 Å². The summed E-state index contributed by atoms with van der Waals surface area (Å²) in [5.74, 6) is -0.170. The summed E-state index contributed by atoms with van der Waals surface area (Å²) in [6, 6.07) is 3.91. The molecule has 0 amide bonds. The summed E-state index contributed by atoms with van der Waals surface area (Å²) in [5.41, 5.74) is -0.00843. The van der Waals surface area contributed by atoms with Gasteiger partial charge in [0.25, 0.3) is 0 Å². The Balaban J connectivity index is 2.99. The number of allylic oxidation sites excluding steroid dienone is 1. The van der Waals surface area contributed by atoms with Crippen molar-refractivity contribution < 1.29 is 9.53 Å². The molecule has 0 bridgehead atoms. The summed E-state index contributed by atoms with van der Waals surface area (Å²) >= 11 is 1.40. The van der Waals surface area contributed by atoms with Gasteiger partial charge in [-0.1, -0.05) is 0 Å². The Morgan fingerprint density at radius 2 is 2.40 bits per heavy atom. The fraction of sp³-hybridized carbons (Fsp3) is 0.500. The first-order chi connectivity index (χ1) is 7.24.